The van der Waals surface area contributed by atoms with Gasteiger partial charge in [0.05, 0.1) is 11.4 Å². The van der Waals surface area contributed by atoms with Crippen molar-refractivity contribution in [3.8, 4) is 5.75 Å². The Morgan fingerprint density at radius 2 is 2.21 bits per heavy atom. The van der Waals surface area contributed by atoms with Gasteiger partial charge in [0.1, 0.15) is 16.9 Å². The molecular weight excluding hydrogens is 344 g/mol. The Labute approximate surface area is 148 Å². The number of thiophene rings is 1. The van der Waals surface area contributed by atoms with Crippen LogP contribution in [-0.2, 0) is 0 Å². The fourth-order valence-corrected chi connectivity index (χ4v) is 4.08. The topological polar surface area (TPSA) is 42.4 Å². The molecule has 1 aliphatic heterocycles. The molecule has 122 valence electrons. The molecule has 4 rings (SSSR count). The summed E-state index contributed by atoms with van der Waals surface area (Å²) in [7, 11) is 0. The minimum Gasteiger partial charge on any atom is -0.487 e. The predicted molar refractivity (Wildman–Crippen MR) is 96.0 cm³/mol. The minimum absolute atomic E-state index is 0.0387. The fraction of sp³-hybridized carbons (Fsp3) is 0.222. The van der Waals surface area contributed by atoms with Crippen LogP contribution >= 0.6 is 22.9 Å². The van der Waals surface area contributed by atoms with Gasteiger partial charge in [0, 0.05) is 36.1 Å². The summed E-state index contributed by atoms with van der Waals surface area (Å²) in [5, 5.41) is 1.60. The van der Waals surface area contributed by atoms with E-state index < -0.39 is 0 Å². The van der Waals surface area contributed by atoms with Crippen molar-refractivity contribution in [3.63, 3.8) is 0 Å². The molecule has 0 bridgehead atoms. The van der Waals surface area contributed by atoms with Gasteiger partial charge in [-0.05, 0) is 17.5 Å². The maximum atomic E-state index is 12.7. The summed E-state index contributed by atoms with van der Waals surface area (Å²) in [5.74, 6) is 0.691. The highest BCUT2D eigenvalue weighted by atomic mass is 35.5. The molecule has 0 aliphatic carbocycles. The zero-order chi connectivity index (χ0) is 16.5. The van der Waals surface area contributed by atoms with Crippen molar-refractivity contribution in [3.05, 3.63) is 58.7 Å². The SMILES string of the molecule is O=C(c1cc2ccccc2s1)N1CCC(Oc2ccncc2Cl)C1. The van der Waals surface area contributed by atoms with Gasteiger partial charge < -0.3 is 9.64 Å². The lowest BCUT2D eigenvalue weighted by molar-refractivity contribution is 0.0777. The first-order valence-corrected chi connectivity index (χ1v) is 8.94. The van der Waals surface area contributed by atoms with Crippen molar-refractivity contribution in [1.82, 2.24) is 9.88 Å². The third kappa shape index (κ3) is 2.97. The van der Waals surface area contributed by atoms with Gasteiger partial charge in [-0.1, -0.05) is 29.8 Å². The van der Waals surface area contributed by atoms with Crippen LogP contribution in [-0.4, -0.2) is 35.0 Å². The third-order valence-electron chi connectivity index (χ3n) is 4.10. The molecule has 1 aliphatic rings. The molecule has 0 N–H and O–H groups in total. The Morgan fingerprint density at radius 3 is 3.04 bits per heavy atom. The van der Waals surface area contributed by atoms with Gasteiger partial charge in [-0.2, -0.15) is 0 Å². The van der Waals surface area contributed by atoms with E-state index in [0.29, 0.717) is 23.9 Å². The van der Waals surface area contributed by atoms with E-state index in [1.165, 1.54) is 11.3 Å². The van der Waals surface area contributed by atoms with Gasteiger partial charge in [0.25, 0.3) is 5.91 Å². The van der Waals surface area contributed by atoms with E-state index in [9.17, 15) is 4.79 Å². The van der Waals surface area contributed by atoms with E-state index in [1.54, 1.807) is 18.5 Å². The van der Waals surface area contributed by atoms with Gasteiger partial charge >= 0.3 is 0 Å². The molecule has 3 aromatic rings. The second kappa shape index (κ2) is 6.42. The van der Waals surface area contributed by atoms with Crippen molar-refractivity contribution in [2.24, 2.45) is 0 Å². The Bertz CT molecular complexity index is 862. The number of likely N-dealkylation sites (tertiary alicyclic amines) is 1. The highest BCUT2D eigenvalue weighted by molar-refractivity contribution is 7.20. The number of carbonyl (C=O) groups is 1. The minimum atomic E-state index is -0.0387. The summed E-state index contributed by atoms with van der Waals surface area (Å²) in [6.45, 7) is 1.27. The highest BCUT2D eigenvalue weighted by Crippen LogP contribution is 2.29. The molecule has 6 heteroatoms. The second-order valence-corrected chi connectivity index (χ2v) is 7.23. The number of pyridine rings is 1. The van der Waals surface area contributed by atoms with Crippen molar-refractivity contribution < 1.29 is 9.53 Å². The highest BCUT2D eigenvalue weighted by Gasteiger charge is 2.29. The first kappa shape index (κ1) is 15.4. The van der Waals surface area contributed by atoms with Crippen molar-refractivity contribution in [1.29, 1.82) is 0 Å². The number of aromatic nitrogens is 1. The van der Waals surface area contributed by atoms with Crippen molar-refractivity contribution in [2.45, 2.75) is 12.5 Å². The first-order chi connectivity index (χ1) is 11.7. The predicted octanol–water partition coefficient (Wildman–Crippen LogP) is 4.24. The zero-order valence-corrected chi connectivity index (χ0v) is 14.4. The standard InChI is InChI=1S/C18H15ClN2O2S/c19-14-10-20-7-5-15(14)23-13-6-8-21(11-13)18(22)17-9-12-3-1-2-4-16(12)24-17/h1-5,7,9-10,13H,6,8,11H2. The number of rotatable bonds is 3. The van der Waals surface area contributed by atoms with Crippen LogP contribution < -0.4 is 4.74 Å². The summed E-state index contributed by atoms with van der Waals surface area (Å²) in [4.78, 5) is 19.3. The quantitative estimate of drug-likeness (QED) is 0.703. The number of fused-ring (bicyclic) bond motifs is 1. The largest absolute Gasteiger partial charge is 0.487 e. The molecule has 2 aromatic heterocycles. The normalized spacial score (nSPS) is 17.4. The van der Waals surface area contributed by atoms with E-state index in [-0.39, 0.29) is 12.0 Å². The van der Waals surface area contributed by atoms with Crippen LogP contribution in [0.25, 0.3) is 10.1 Å². The second-order valence-electron chi connectivity index (χ2n) is 5.73. The maximum absolute atomic E-state index is 12.7. The molecule has 24 heavy (non-hydrogen) atoms. The summed E-state index contributed by atoms with van der Waals surface area (Å²) >= 11 is 7.61. The monoisotopic (exact) mass is 358 g/mol. The van der Waals surface area contributed by atoms with E-state index in [4.69, 9.17) is 16.3 Å². The van der Waals surface area contributed by atoms with E-state index >= 15 is 0 Å². The molecular formula is C18H15ClN2O2S. The number of carbonyl (C=O) groups excluding carboxylic acids is 1. The van der Waals surface area contributed by atoms with Crippen LogP contribution in [0, 0.1) is 0 Å². The lowest BCUT2D eigenvalue weighted by atomic mass is 10.2. The number of ether oxygens (including phenoxy) is 1. The van der Waals surface area contributed by atoms with Crippen LogP contribution in [0.1, 0.15) is 16.1 Å². The molecule has 1 amide bonds. The summed E-state index contributed by atoms with van der Waals surface area (Å²) in [5.41, 5.74) is 0. The Kier molecular flexibility index (Phi) is 4.12. The molecule has 3 heterocycles. The van der Waals surface area contributed by atoms with Crippen LogP contribution in [0.5, 0.6) is 5.75 Å². The molecule has 0 saturated carbocycles. The lowest BCUT2D eigenvalue weighted by Gasteiger charge is -2.17. The fourth-order valence-electron chi connectivity index (χ4n) is 2.89. The number of nitrogens with zero attached hydrogens (tertiary/aromatic N) is 2. The summed E-state index contributed by atoms with van der Waals surface area (Å²) < 4.78 is 7.05. The van der Waals surface area contributed by atoms with Gasteiger partial charge in [-0.15, -0.1) is 11.3 Å². The molecule has 0 radical (unpaired) electrons. The maximum Gasteiger partial charge on any atom is 0.264 e. The Hall–Kier alpha value is -2.11. The number of amides is 1. The van der Waals surface area contributed by atoms with E-state index in [1.807, 2.05) is 35.2 Å². The lowest BCUT2D eigenvalue weighted by Crippen LogP contribution is -2.30. The average Bonchev–Trinajstić information content (AvgIpc) is 3.23. The summed E-state index contributed by atoms with van der Waals surface area (Å²) in [6.07, 6.45) is 3.97. The molecule has 1 atom stereocenters. The van der Waals surface area contributed by atoms with E-state index in [2.05, 4.69) is 4.98 Å². The van der Waals surface area contributed by atoms with Gasteiger partial charge in [0.2, 0.25) is 0 Å². The molecule has 1 fully saturated rings. The number of benzene rings is 1. The summed E-state index contributed by atoms with van der Waals surface area (Å²) in [6, 6.07) is 11.8. The zero-order valence-electron chi connectivity index (χ0n) is 12.8. The Morgan fingerprint density at radius 1 is 1.33 bits per heavy atom. The van der Waals surface area contributed by atoms with Gasteiger partial charge in [-0.3, -0.25) is 9.78 Å². The number of hydrogen-bond acceptors (Lipinski definition) is 4. The average molecular weight is 359 g/mol. The third-order valence-corrected chi connectivity index (χ3v) is 5.49. The molecule has 1 unspecified atom stereocenters. The van der Waals surface area contributed by atoms with Gasteiger partial charge in [0.15, 0.2) is 0 Å². The first-order valence-electron chi connectivity index (χ1n) is 7.75. The van der Waals surface area contributed by atoms with Gasteiger partial charge in [-0.25, -0.2) is 0 Å². The Balaban J connectivity index is 1.46. The van der Waals surface area contributed by atoms with Crippen LogP contribution in [0.3, 0.4) is 0 Å². The number of hydrogen-bond donors (Lipinski definition) is 0. The van der Waals surface area contributed by atoms with Crippen LogP contribution in [0.2, 0.25) is 5.02 Å². The molecule has 1 saturated heterocycles. The molecule has 0 spiro atoms. The van der Waals surface area contributed by atoms with Crippen molar-refractivity contribution in [2.75, 3.05) is 13.1 Å². The molecule has 4 nitrogen and oxygen atoms in total. The van der Waals surface area contributed by atoms with Crippen LogP contribution in [0.4, 0.5) is 0 Å². The smallest absolute Gasteiger partial charge is 0.264 e. The molecule has 1 aromatic carbocycles. The van der Waals surface area contributed by atoms with Crippen molar-refractivity contribution >= 4 is 38.9 Å². The number of halogens is 1. The van der Waals surface area contributed by atoms with Crippen LogP contribution in [0.15, 0.2) is 48.8 Å². The van der Waals surface area contributed by atoms with E-state index in [0.717, 1.165) is 21.4 Å².